The molecule has 0 N–H and O–H groups in total. The molecule has 20 heavy (non-hydrogen) atoms. The summed E-state index contributed by atoms with van der Waals surface area (Å²) >= 11 is 0. The highest BCUT2D eigenvalue weighted by atomic mass is 31.1. The van der Waals surface area contributed by atoms with Crippen LogP contribution in [0.2, 0.25) is 0 Å². The highest BCUT2D eigenvalue weighted by Gasteiger charge is 2.08. The summed E-state index contributed by atoms with van der Waals surface area (Å²) in [5.74, 6) is 0.746. The molecule has 0 amide bonds. The minimum atomic E-state index is 0.359. The maximum Gasteiger partial charge on any atom is 0.0893 e. The van der Waals surface area contributed by atoms with Crippen molar-refractivity contribution in [1.29, 1.82) is 0 Å². The maximum atomic E-state index is 2.35. The predicted octanol–water partition coefficient (Wildman–Crippen LogP) is 5.22. The zero-order valence-corrected chi connectivity index (χ0v) is 13.8. The molecule has 2 rings (SSSR count). The van der Waals surface area contributed by atoms with Crippen LogP contribution in [0.3, 0.4) is 0 Å². The van der Waals surface area contributed by atoms with Crippen molar-refractivity contribution in [3.05, 3.63) is 65.7 Å². The monoisotopic (exact) mass is 285 g/mol. The van der Waals surface area contributed by atoms with Crippen molar-refractivity contribution in [2.45, 2.75) is 45.2 Å². The fraction of sp³-hybridized carbons (Fsp3) is 0.368. The summed E-state index contributed by atoms with van der Waals surface area (Å²) in [5, 5.41) is 1.51. The molecule has 2 atom stereocenters. The van der Waals surface area contributed by atoms with Gasteiger partial charge in [0.05, 0.1) is 11.5 Å². The summed E-state index contributed by atoms with van der Waals surface area (Å²) in [7, 11) is 0.359. The van der Waals surface area contributed by atoms with Crippen LogP contribution in [-0.2, 0) is 6.16 Å². The first-order valence-electron chi connectivity index (χ1n) is 7.80. The molecule has 106 valence electrons. The summed E-state index contributed by atoms with van der Waals surface area (Å²) in [6, 6.07) is 20.2. The van der Waals surface area contributed by atoms with E-state index in [-0.39, 0.29) is 0 Å². The molecule has 0 fully saturated rings. The fourth-order valence-corrected chi connectivity index (χ4v) is 3.94. The van der Waals surface area contributed by atoms with E-state index < -0.39 is 0 Å². The van der Waals surface area contributed by atoms with Crippen LogP contribution < -0.4 is 5.30 Å². The lowest BCUT2D eigenvalue weighted by Gasteiger charge is -2.14. The number of benzene rings is 2. The molecule has 0 saturated carbocycles. The third-order valence-corrected chi connectivity index (χ3v) is 5.49. The number of hydrogen-bond donors (Lipinski definition) is 0. The summed E-state index contributed by atoms with van der Waals surface area (Å²) in [6.45, 7) is 4.58. The van der Waals surface area contributed by atoms with Crippen molar-refractivity contribution < 1.29 is 0 Å². The van der Waals surface area contributed by atoms with Crippen LogP contribution in [0.4, 0.5) is 0 Å². The van der Waals surface area contributed by atoms with E-state index >= 15 is 0 Å². The van der Waals surface area contributed by atoms with Crippen LogP contribution in [0.25, 0.3) is 0 Å². The third-order valence-electron chi connectivity index (χ3n) is 3.95. The van der Waals surface area contributed by atoms with E-state index in [4.69, 9.17) is 0 Å². The number of hydrogen-bond acceptors (Lipinski definition) is 0. The van der Waals surface area contributed by atoms with E-state index in [1.165, 1.54) is 41.9 Å². The highest BCUT2D eigenvalue weighted by Crippen LogP contribution is 2.26. The van der Waals surface area contributed by atoms with Gasteiger partial charge in [-0.05, 0) is 42.0 Å². The van der Waals surface area contributed by atoms with E-state index in [1.54, 1.807) is 0 Å². The summed E-state index contributed by atoms with van der Waals surface area (Å²) in [6.07, 6.45) is 5.06. The highest BCUT2D eigenvalue weighted by molar-refractivity contribution is 7.46. The maximum absolute atomic E-state index is 2.35. The van der Waals surface area contributed by atoms with Crippen LogP contribution >= 0.6 is 8.58 Å². The van der Waals surface area contributed by atoms with E-state index in [1.807, 2.05) is 0 Å². The zero-order valence-electron chi connectivity index (χ0n) is 12.7. The topological polar surface area (TPSA) is 0 Å². The van der Waals surface area contributed by atoms with Gasteiger partial charge < -0.3 is 0 Å². The van der Waals surface area contributed by atoms with Gasteiger partial charge in [0.2, 0.25) is 0 Å². The predicted molar refractivity (Wildman–Crippen MR) is 93.9 cm³/mol. The Morgan fingerprint density at radius 2 is 1.60 bits per heavy atom. The number of rotatable bonds is 7. The van der Waals surface area contributed by atoms with Gasteiger partial charge in [-0.15, -0.1) is 0 Å². The Bertz CT molecular complexity index is 487. The molecule has 0 aliphatic heterocycles. The lowest BCUT2D eigenvalue weighted by atomic mass is 9.92. The first kappa shape index (κ1) is 15.3. The molecule has 1 heteroatoms. The van der Waals surface area contributed by atoms with Gasteiger partial charge in [0.15, 0.2) is 0 Å². The van der Waals surface area contributed by atoms with E-state index in [9.17, 15) is 0 Å². The quantitative estimate of drug-likeness (QED) is 0.612. The van der Waals surface area contributed by atoms with Crippen LogP contribution in [0, 0.1) is 0 Å². The van der Waals surface area contributed by atoms with Gasteiger partial charge >= 0.3 is 0 Å². The van der Waals surface area contributed by atoms with Gasteiger partial charge in [-0.3, -0.25) is 0 Å². The van der Waals surface area contributed by atoms with Crippen molar-refractivity contribution >= 4 is 13.9 Å². The SMILES string of the molecule is CCCC(CC)c1ccc(C[PH2+]c2ccccc2)cc1. The third kappa shape index (κ3) is 4.46. The smallest absolute Gasteiger partial charge is 0.0654 e. The van der Waals surface area contributed by atoms with Gasteiger partial charge in [0.25, 0.3) is 0 Å². The van der Waals surface area contributed by atoms with Crippen molar-refractivity contribution in [2.24, 2.45) is 0 Å². The summed E-state index contributed by atoms with van der Waals surface area (Å²) in [4.78, 5) is 0. The first-order chi connectivity index (χ1) is 9.83. The van der Waals surface area contributed by atoms with Gasteiger partial charge in [-0.1, -0.05) is 62.7 Å². The average Bonchev–Trinajstić information content (AvgIpc) is 2.52. The van der Waals surface area contributed by atoms with E-state index in [0.29, 0.717) is 8.58 Å². The van der Waals surface area contributed by atoms with Crippen molar-refractivity contribution in [3.8, 4) is 0 Å². The molecular weight excluding hydrogens is 259 g/mol. The normalized spacial score (nSPS) is 12.9. The molecule has 0 nitrogen and oxygen atoms in total. The van der Waals surface area contributed by atoms with Gasteiger partial charge in [0, 0.05) is 8.58 Å². The lowest BCUT2D eigenvalue weighted by molar-refractivity contribution is 0.596. The van der Waals surface area contributed by atoms with E-state index in [0.717, 1.165) is 5.92 Å². The zero-order chi connectivity index (χ0) is 14.2. The molecule has 0 aliphatic carbocycles. The Morgan fingerprint density at radius 1 is 0.900 bits per heavy atom. The standard InChI is InChI=1S/C19H25P/c1-3-8-17(4-2)18-13-11-16(12-14-18)15-20-19-9-6-5-7-10-19/h5-7,9-14,17,20H,3-4,8,15H2,1-2H3/p+1. The molecule has 2 aromatic carbocycles. The Kier molecular flexibility index (Phi) is 6.27. The van der Waals surface area contributed by atoms with Crippen LogP contribution in [0.5, 0.6) is 0 Å². The summed E-state index contributed by atoms with van der Waals surface area (Å²) in [5.41, 5.74) is 3.01. The van der Waals surface area contributed by atoms with Crippen LogP contribution in [0.15, 0.2) is 54.6 Å². The Morgan fingerprint density at radius 3 is 2.20 bits per heavy atom. The second-order valence-electron chi connectivity index (χ2n) is 5.45. The molecule has 0 spiro atoms. The molecule has 2 unspecified atom stereocenters. The first-order valence-corrected chi connectivity index (χ1v) is 9.20. The molecular formula is C19H26P+. The molecule has 0 aliphatic rings. The van der Waals surface area contributed by atoms with Crippen molar-refractivity contribution in [1.82, 2.24) is 0 Å². The fourth-order valence-electron chi connectivity index (χ4n) is 2.71. The molecule has 0 aromatic heterocycles. The van der Waals surface area contributed by atoms with E-state index in [2.05, 4.69) is 68.4 Å². The van der Waals surface area contributed by atoms with Gasteiger partial charge in [-0.25, -0.2) is 0 Å². The van der Waals surface area contributed by atoms with Gasteiger partial charge in [0.1, 0.15) is 0 Å². The molecule has 0 saturated heterocycles. The molecule has 0 heterocycles. The molecule has 0 bridgehead atoms. The lowest BCUT2D eigenvalue weighted by Crippen LogP contribution is -1.97. The Hall–Kier alpha value is -1.13. The second kappa shape index (κ2) is 8.22. The van der Waals surface area contributed by atoms with Gasteiger partial charge in [-0.2, -0.15) is 0 Å². The van der Waals surface area contributed by atoms with Crippen LogP contribution in [0.1, 0.15) is 50.2 Å². The van der Waals surface area contributed by atoms with Crippen LogP contribution in [-0.4, -0.2) is 0 Å². The molecule has 0 radical (unpaired) electrons. The average molecular weight is 285 g/mol. The summed E-state index contributed by atoms with van der Waals surface area (Å²) < 4.78 is 0. The molecule has 2 aromatic rings. The van der Waals surface area contributed by atoms with Crippen molar-refractivity contribution in [2.75, 3.05) is 0 Å². The largest absolute Gasteiger partial charge is 0.0893 e. The second-order valence-corrected chi connectivity index (χ2v) is 6.94. The Labute approximate surface area is 125 Å². The van der Waals surface area contributed by atoms with Crippen molar-refractivity contribution in [3.63, 3.8) is 0 Å². The Balaban J connectivity index is 1.94. The minimum Gasteiger partial charge on any atom is -0.0654 e. The minimum absolute atomic E-state index is 0.359.